The predicted molar refractivity (Wildman–Crippen MR) is 102 cm³/mol. The number of hydrogen-bond acceptors (Lipinski definition) is 5. The molecule has 0 unspecified atom stereocenters. The van der Waals surface area contributed by atoms with E-state index in [1.807, 2.05) is 30.3 Å². The number of nitrogens with one attached hydrogen (secondary N) is 1. The van der Waals surface area contributed by atoms with E-state index in [1.165, 1.54) is 6.07 Å². The Morgan fingerprint density at radius 3 is 2.62 bits per heavy atom. The van der Waals surface area contributed by atoms with Gasteiger partial charge in [0.05, 0.1) is 5.52 Å². The van der Waals surface area contributed by atoms with Crippen molar-refractivity contribution in [1.82, 2.24) is 15.0 Å². The summed E-state index contributed by atoms with van der Waals surface area (Å²) in [6.45, 7) is 0. The smallest absolute Gasteiger partial charge is 0.163 e. The van der Waals surface area contributed by atoms with Crippen LogP contribution in [-0.2, 0) is 0 Å². The summed E-state index contributed by atoms with van der Waals surface area (Å²) in [5.41, 5.74) is 9.01. The lowest BCUT2D eigenvalue weighted by Crippen LogP contribution is -2.00. The third-order valence-electron chi connectivity index (χ3n) is 4.19. The van der Waals surface area contributed by atoms with E-state index in [0.29, 0.717) is 28.5 Å². The van der Waals surface area contributed by atoms with Crippen molar-refractivity contribution in [3.05, 3.63) is 66.7 Å². The Kier molecular flexibility index (Phi) is 3.93. The SMILES string of the molecule is CNc1nc(-c2cccnc2)nc2ccc(-c3c(N)cccc3F)cc12. The number of halogens is 1. The molecule has 128 valence electrons. The van der Waals surface area contributed by atoms with Crippen molar-refractivity contribution >= 4 is 22.4 Å². The molecule has 0 amide bonds. The van der Waals surface area contributed by atoms with Gasteiger partial charge in [0, 0.05) is 41.6 Å². The zero-order valence-corrected chi connectivity index (χ0v) is 14.1. The summed E-state index contributed by atoms with van der Waals surface area (Å²) in [6.07, 6.45) is 3.42. The molecular weight excluding hydrogens is 329 g/mol. The van der Waals surface area contributed by atoms with Crippen LogP contribution in [0.15, 0.2) is 60.9 Å². The summed E-state index contributed by atoms with van der Waals surface area (Å²) >= 11 is 0. The molecule has 0 saturated heterocycles. The molecule has 2 aromatic carbocycles. The number of anilines is 2. The Bertz CT molecular complexity index is 1080. The lowest BCUT2D eigenvalue weighted by Gasteiger charge is -2.11. The maximum atomic E-state index is 14.3. The van der Waals surface area contributed by atoms with Crippen LogP contribution >= 0.6 is 0 Å². The highest BCUT2D eigenvalue weighted by atomic mass is 19.1. The maximum absolute atomic E-state index is 14.3. The molecule has 4 rings (SSSR count). The molecule has 0 saturated carbocycles. The second kappa shape index (κ2) is 6.40. The summed E-state index contributed by atoms with van der Waals surface area (Å²) in [4.78, 5) is 13.3. The molecule has 6 heteroatoms. The number of aromatic nitrogens is 3. The zero-order chi connectivity index (χ0) is 18.1. The number of benzene rings is 2. The van der Waals surface area contributed by atoms with Gasteiger partial charge in [-0.3, -0.25) is 4.98 Å². The number of rotatable bonds is 3. The van der Waals surface area contributed by atoms with Crippen molar-refractivity contribution in [3.63, 3.8) is 0 Å². The molecule has 4 aromatic rings. The number of fused-ring (bicyclic) bond motifs is 1. The van der Waals surface area contributed by atoms with Crippen molar-refractivity contribution in [1.29, 1.82) is 0 Å². The van der Waals surface area contributed by atoms with Gasteiger partial charge in [0.1, 0.15) is 11.6 Å². The van der Waals surface area contributed by atoms with E-state index in [1.54, 1.807) is 31.6 Å². The summed E-state index contributed by atoms with van der Waals surface area (Å²) in [5, 5.41) is 3.88. The first-order chi connectivity index (χ1) is 12.7. The number of nitrogens with two attached hydrogens (primary N) is 1. The normalized spacial score (nSPS) is 10.8. The molecule has 2 aromatic heterocycles. The first-order valence-electron chi connectivity index (χ1n) is 8.11. The van der Waals surface area contributed by atoms with Crippen molar-refractivity contribution in [2.45, 2.75) is 0 Å². The van der Waals surface area contributed by atoms with Crippen molar-refractivity contribution in [3.8, 4) is 22.5 Å². The minimum Gasteiger partial charge on any atom is -0.398 e. The minimum atomic E-state index is -0.358. The van der Waals surface area contributed by atoms with E-state index in [0.717, 1.165) is 16.5 Å². The van der Waals surface area contributed by atoms with Crippen molar-refractivity contribution < 1.29 is 4.39 Å². The molecule has 0 aliphatic heterocycles. The number of nitrogens with zero attached hydrogens (tertiary/aromatic N) is 3. The summed E-state index contributed by atoms with van der Waals surface area (Å²) in [7, 11) is 1.79. The zero-order valence-electron chi connectivity index (χ0n) is 14.1. The van der Waals surface area contributed by atoms with Crippen LogP contribution in [0.2, 0.25) is 0 Å². The highest BCUT2D eigenvalue weighted by Gasteiger charge is 2.13. The molecule has 0 atom stereocenters. The molecule has 2 heterocycles. The number of pyridine rings is 1. The van der Waals surface area contributed by atoms with Gasteiger partial charge in [-0.05, 0) is 42.0 Å². The van der Waals surface area contributed by atoms with Crippen LogP contribution in [-0.4, -0.2) is 22.0 Å². The number of hydrogen-bond donors (Lipinski definition) is 2. The van der Waals surface area contributed by atoms with Crippen LogP contribution in [0.3, 0.4) is 0 Å². The predicted octanol–water partition coefficient (Wildman–Crippen LogP) is 4.12. The average Bonchev–Trinajstić information content (AvgIpc) is 2.67. The van der Waals surface area contributed by atoms with E-state index < -0.39 is 0 Å². The highest BCUT2D eigenvalue weighted by molar-refractivity contribution is 5.95. The van der Waals surface area contributed by atoms with E-state index >= 15 is 0 Å². The third kappa shape index (κ3) is 2.71. The molecule has 0 aliphatic rings. The fourth-order valence-corrected chi connectivity index (χ4v) is 2.94. The van der Waals surface area contributed by atoms with E-state index in [-0.39, 0.29) is 5.82 Å². The Balaban J connectivity index is 1.92. The highest BCUT2D eigenvalue weighted by Crippen LogP contribution is 2.33. The van der Waals surface area contributed by atoms with E-state index in [2.05, 4.69) is 20.3 Å². The van der Waals surface area contributed by atoms with Crippen LogP contribution in [0.25, 0.3) is 33.4 Å². The molecule has 26 heavy (non-hydrogen) atoms. The number of nitrogen functional groups attached to an aromatic ring is 1. The van der Waals surface area contributed by atoms with Gasteiger partial charge in [0.2, 0.25) is 0 Å². The van der Waals surface area contributed by atoms with E-state index in [9.17, 15) is 4.39 Å². The first kappa shape index (κ1) is 16.0. The molecule has 0 fully saturated rings. The summed E-state index contributed by atoms with van der Waals surface area (Å²) < 4.78 is 14.3. The van der Waals surface area contributed by atoms with Gasteiger partial charge in [0.15, 0.2) is 5.82 Å². The molecule has 0 spiro atoms. The van der Waals surface area contributed by atoms with Crippen LogP contribution in [0, 0.1) is 5.82 Å². The first-order valence-corrected chi connectivity index (χ1v) is 8.11. The molecule has 0 aliphatic carbocycles. The molecule has 0 bridgehead atoms. The fraction of sp³-hybridized carbons (Fsp3) is 0.0500. The lowest BCUT2D eigenvalue weighted by molar-refractivity contribution is 0.632. The molecule has 3 N–H and O–H groups in total. The van der Waals surface area contributed by atoms with E-state index in [4.69, 9.17) is 5.73 Å². The maximum Gasteiger partial charge on any atom is 0.163 e. The quantitative estimate of drug-likeness (QED) is 0.546. The van der Waals surface area contributed by atoms with Crippen LogP contribution in [0.5, 0.6) is 0 Å². The molecule has 5 nitrogen and oxygen atoms in total. The third-order valence-corrected chi connectivity index (χ3v) is 4.19. The Morgan fingerprint density at radius 1 is 1.00 bits per heavy atom. The minimum absolute atomic E-state index is 0.358. The van der Waals surface area contributed by atoms with Crippen LogP contribution in [0.1, 0.15) is 0 Å². The van der Waals surface area contributed by atoms with Gasteiger partial charge < -0.3 is 11.1 Å². The van der Waals surface area contributed by atoms with Gasteiger partial charge in [0.25, 0.3) is 0 Å². The Morgan fingerprint density at radius 2 is 1.88 bits per heavy atom. The largest absolute Gasteiger partial charge is 0.398 e. The monoisotopic (exact) mass is 345 g/mol. The van der Waals surface area contributed by atoms with Crippen LogP contribution < -0.4 is 11.1 Å². The van der Waals surface area contributed by atoms with Crippen molar-refractivity contribution in [2.75, 3.05) is 18.1 Å². The lowest BCUT2D eigenvalue weighted by atomic mass is 10.0. The standard InChI is InChI=1S/C20H16FN5/c1-23-20-14-10-12(18-15(21)5-2-6-16(18)22)7-8-17(14)25-19(26-20)13-4-3-9-24-11-13/h2-11H,22H2,1H3,(H,23,25,26). The Labute approximate surface area is 149 Å². The second-order valence-corrected chi connectivity index (χ2v) is 5.82. The summed E-state index contributed by atoms with van der Waals surface area (Å²) in [5.74, 6) is 0.877. The van der Waals surface area contributed by atoms with Gasteiger partial charge >= 0.3 is 0 Å². The molecular formula is C20H16FN5. The van der Waals surface area contributed by atoms with Crippen LogP contribution in [0.4, 0.5) is 15.9 Å². The van der Waals surface area contributed by atoms with Gasteiger partial charge in [-0.15, -0.1) is 0 Å². The molecule has 0 radical (unpaired) electrons. The van der Waals surface area contributed by atoms with Crippen molar-refractivity contribution in [2.24, 2.45) is 0 Å². The Hall–Kier alpha value is -3.54. The topological polar surface area (TPSA) is 76.7 Å². The van der Waals surface area contributed by atoms with Gasteiger partial charge in [-0.2, -0.15) is 0 Å². The summed E-state index contributed by atoms with van der Waals surface area (Å²) in [6, 6.07) is 13.9. The second-order valence-electron chi connectivity index (χ2n) is 5.82. The van der Waals surface area contributed by atoms with Gasteiger partial charge in [-0.1, -0.05) is 12.1 Å². The average molecular weight is 345 g/mol. The van der Waals surface area contributed by atoms with Gasteiger partial charge in [-0.25, -0.2) is 14.4 Å². The fourth-order valence-electron chi connectivity index (χ4n) is 2.94.